The molecule has 0 unspecified atom stereocenters. The summed E-state index contributed by atoms with van der Waals surface area (Å²) in [4.78, 5) is 12.1. The Morgan fingerprint density at radius 1 is 1.40 bits per heavy atom. The lowest BCUT2D eigenvalue weighted by Gasteiger charge is -2.08. The summed E-state index contributed by atoms with van der Waals surface area (Å²) in [6.07, 6.45) is 0.554. The van der Waals surface area contributed by atoms with Gasteiger partial charge in [-0.25, -0.2) is 4.79 Å². The van der Waals surface area contributed by atoms with Gasteiger partial charge in [-0.15, -0.1) is 0 Å². The summed E-state index contributed by atoms with van der Waals surface area (Å²) < 4.78 is 6.82. The predicted octanol–water partition coefficient (Wildman–Crippen LogP) is 2.08. The summed E-state index contributed by atoms with van der Waals surface area (Å²) in [5, 5.41) is 4.32. The van der Waals surface area contributed by atoms with Crippen molar-refractivity contribution in [1.29, 1.82) is 0 Å². The quantitative estimate of drug-likeness (QED) is 0.684. The molecule has 0 fully saturated rings. The highest BCUT2D eigenvalue weighted by Crippen LogP contribution is 2.21. The van der Waals surface area contributed by atoms with E-state index in [4.69, 9.17) is 10.5 Å². The molecule has 0 aliphatic rings. The van der Waals surface area contributed by atoms with Gasteiger partial charge in [-0.3, -0.25) is 4.68 Å². The number of aromatic nitrogens is 2. The lowest BCUT2D eigenvalue weighted by atomic mass is 10.0. The number of nitrogens with zero attached hydrogens (tertiary/aromatic N) is 2. The fourth-order valence-electron chi connectivity index (χ4n) is 2.25. The first-order chi connectivity index (χ1) is 9.54. The second-order valence-corrected chi connectivity index (χ2v) is 4.63. The lowest BCUT2D eigenvalue weighted by Crippen LogP contribution is -2.10. The molecule has 2 aromatic rings. The van der Waals surface area contributed by atoms with Gasteiger partial charge in [0.2, 0.25) is 0 Å². The fraction of sp³-hybridized carbons (Fsp3) is 0.333. The molecule has 2 rings (SSSR count). The van der Waals surface area contributed by atoms with E-state index in [-0.39, 0.29) is 5.97 Å². The van der Waals surface area contributed by atoms with Crippen LogP contribution in [0.4, 0.5) is 5.69 Å². The van der Waals surface area contributed by atoms with E-state index in [0.29, 0.717) is 30.0 Å². The zero-order chi connectivity index (χ0) is 14.7. The maximum absolute atomic E-state index is 12.1. The summed E-state index contributed by atoms with van der Waals surface area (Å²) in [5.74, 6) is -0.331. The number of aryl methyl sites for hydroxylation is 2. The van der Waals surface area contributed by atoms with Crippen LogP contribution < -0.4 is 5.73 Å². The van der Waals surface area contributed by atoms with Crippen LogP contribution in [0.15, 0.2) is 24.3 Å². The average Bonchev–Trinajstić information content (AvgIpc) is 2.67. The number of hydrogen-bond acceptors (Lipinski definition) is 4. The molecule has 0 spiro atoms. The van der Waals surface area contributed by atoms with E-state index in [9.17, 15) is 4.79 Å². The van der Waals surface area contributed by atoms with Crippen molar-refractivity contribution in [2.75, 3.05) is 12.3 Å². The molecule has 1 aromatic heterocycles. The maximum Gasteiger partial charge on any atom is 0.341 e. The molecule has 20 heavy (non-hydrogen) atoms. The van der Waals surface area contributed by atoms with Crippen LogP contribution in [0.25, 0.3) is 0 Å². The molecule has 0 saturated heterocycles. The number of carbonyl (C=O) groups is 1. The first-order valence-corrected chi connectivity index (χ1v) is 6.57. The Morgan fingerprint density at radius 3 is 2.75 bits per heavy atom. The van der Waals surface area contributed by atoms with Crippen molar-refractivity contribution in [3.8, 4) is 0 Å². The number of ether oxygens (including phenoxy) is 1. The van der Waals surface area contributed by atoms with E-state index in [0.717, 1.165) is 11.3 Å². The van der Waals surface area contributed by atoms with Crippen molar-refractivity contribution in [3.05, 3.63) is 46.8 Å². The number of benzene rings is 1. The molecule has 5 nitrogen and oxygen atoms in total. The molecule has 0 amide bonds. The van der Waals surface area contributed by atoms with E-state index in [1.807, 2.05) is 38.2 Å². The van der Waals surface area contributed by atoms with Gasteiger partial charge in [0.15, 0.2) is 0 Å². The van der Waals surface area contributed by atoms with Crippen molar-refractivity contribution in [2.24, 2.45) is 7.05 Å². The minimum atomic E-state index is -0.331. The molecule has 0 aliphatic carbocycles. The molecular weight excluding hydrogens is 254 g/mol. The highest BCUT2D eigenvalue weighted by atomic mass is 16.5. The molecule has 0 bridgehead atoms. The SMILES string of the molecule is CCOC(=O)c1c(C)nn(C)c1Cc1ccccc1N. The molecule has 1 heterocycles. The maximum atomic E-state index is 12.1. The van der Waals surface area contributed by atoms with Crippen molar-refractivity contribution in [2.45, 2.75) is 20.3 Å². The number of carbonyl (C=O) groups excluding carboxylic acids is 1. The van der Waals surface area contributed by atoms with Gasteiger partial charge in [0.05, 0.1) is 18.0 Å². The molecule has 0 aliphatic heterocycles. The van der Waals surface area contributed by atoms with E-state index in [1.54, 1.807) is 11.6 Å². The van der Waals surface area contributed by atoms with Crippen LogP contribution in [0, 0.1) is 6.92 Å². The Labute approximate surface area is 118 Å². The third kappa shape index (κ3) is 2.66. The largest absolute Gasteiger partial charge is 0.462 e. The summed E-state index contributed by atoms with van der Waals surface area (Å²) in [5.41, 5.74) is 9.68. The highest BCUT2D eigenvalue weighted by molar-refractivity contribution is 5.92. The van der Waals surface area contributed by atoms with Gasteiger partial charge in [-0.1, -0.05) is 18.2 Å². The van der Waals surface area contributed by atoms with Crippen LogP contribution in [0.2, 0.25) is 0 Å². The van der Waals surface area contributed by atoms with Gasteiger partial charge in [0, 0.05) is 19.2 Å². The number of anilines is 1. The number of esters is 1. The number of para-hydroxylation sites is 1. The minimum absolute atomic E-state index is 0.331. The second-order valence-electron chi connectivity index (χ2n) is 4.63. The summed E-state index contributed by atoms with van der Waals surface area (Å²) in [6.45, 7) is 3.95. The highest BCUT2D eigenvalue weighted by Gasteiger charge is 2.21. The van der Waals surface area contributed by atoms with Crippen LogP contribution in [-0.2, 0) is 18.2 Å². The molecule has 0 atom stereocenters. The van der Waals surface area contributed by atoms with Crippen molar-refractivity contribution >= 4 is 11.7 Å². The van der Waals surface area contributed by atoms with Crippen LogP contribution in [0.1, 0.15) is 34.2 Å². The fourth-order valence-corrected chi connectivity index (χ4v) is 2.25. The molecule has 5 heteroatoms. The number of nitrogens with two attached hydrogens (primary N) is 1. The third-order valence-corrected chi connectivity index (χ3v) is 3.23. The van der Waals surface area contributed by atoms with Gasteiger partial charge in [-0.2, -0.15) is 5.10 Å². The monoisotopic (exact) mass is 273 g/mol. The summed E-state index contributed by atoms with van der Waals surface area (Å²) in [7, 11) is 1.82. The van der Waals surface area contributed by atoms with Crippen LogP contribution in [0.3, 0.4) is 0 Å². The molecule has 0 saturated carbocycles. The van der Waals surface area contributed by atoms with Crippen molar-refractivity contribution < 1.29 is 9.53 Å². The normalized spacial score (nSPS) is 10.6. The first kappa shape index (κ1) is 14.1. The number of hydrogen-bond donors (Lipinski definition) is 1. The van der Waals surface area contributed by atoms with Crippen LogP contribution in [0.5, 0.6) is 0 Å². The third-order valence-electron chi connectivity index (χ3n) is 3.23. The Kier molecular flexibility index (Phi) is 4.08. The zero-order valence-electron chi connectivity index (χ0n) is 12.0. The van der Waals surface area contributed by atoms with Crippen LogP contribution >= 0.6 is 0 Å². The number of rotatable bonds is 4. The molecular formula is C15H19N3O2. The van der Waals surface area contributed by atoms with Crippen LogP contribution in [-0.4, -0.2) is 22.4 Å². The number of nitrogen functional groups attached to an aromatic ring is 1. The summed E-state index contributed by atoms with van der Waals surface area (Å²) >= 11 is 0. The lowest BCUT2D eigenvalue weighted by molar-refractivity contribution is 0.0524. The van der Waals surface area contributed by atoms with E-state index in [2.05, 4.69) is 5.10 Å². The first-order valence-electron chi connectivity index (χ1n) is 6.57. The second kappa shape index (κ2) is 5.77. The topological polar surface area (TPSA) is 70.1 Å². The van der Waals surface area contributed by atoms with Gasteiger partial charge in [0.25, 0.3) is 0 Å². The molecule has 106 valence electrons. The van der Waals surface area contributed by atoms with Gasteiger partial charge < -0.3 is 10.5 Å². The zero-order valence-corrected chi connectivity index (χ0v) is 12.0. The molecule has 1 aromatic carbocycles. The predicted molar refractivity (Wildman–Crippen MR) is 77.6 cm³/mol. The standard InChI is InChI=1S/C15H19N3O2/c1-4-20-15(19)14-10(2)17-18(3)13(14)9-11-7-5-6-8-12(11)16/h5-8H,4,9,16H2,1-3H3. The van der Waals surface area contributed by atoms with Crippen molar-refractivity contribution in [3.63, 3.8) is 0 Å². The van der Waals surface area contributed by atoms with Crippen molar-refractivity contribution in [1.82, 2.24) is 9.78 Å². The van der Waals surface area contributed by atoms with E-state index < -0.39 is 0 Å². The van der Waals surface area contributed by atoms with Gasteiger partial charge in [-0.05, 0) is 25.5 Å². The van der Waals surface area contributed by atoms with Gasteiger partial charge in [0.1, 0.15) is 5.56 Å². The van der Waals surface area contributed by atoms with Gasteiger partial charge >= 0.3 is 5.97 Å². The van der Waals surface area contributed by atoms with E-state index in [1.165, 1.54) is 0 Å². The summed E-state index contributed by atoms with van der Waals surface area (Å²) in [6, 6.07) is 7.62. The smallest absolute Gasteiger partial charge is 0.341 e. The Balaban J connectivity index is 2.41. The Bertz CT molecular complexity index is 632. The van der Waals surface area contributed by atoms with E-state index >= 15 is 0 Å². The average molecular weight is 273 g/mol. The molecule has 2 N–H and O–H groups in total. The molecule has 0 radical (unpaired) electrons. The Morgan fingerprint density at radius 2 is 2.10 bits per heavy atom. The minimum Gasteiger partial charge on any atom is -0.462 e. The Hall–Kier alpha value is -2.30.